The molecule has 2 aromatic heterocycles. The summed E-state index contributed by atoms with van der Waals surface area (Å²) in [5.41, 5.74) is 1.69. The van der Waals surface area contributed by atoms with Crippen LogP contribution in [0.2, 0.25) is 0 Å². The molecule has 6 nitrogen and oxygen atoms in total. The van der Waals surface area contributed by atoms with Crippen LogP contribution in [-0.4, -0.2) is 33.8 Å². The fraction of sp³-hybridized carbons (Fsp3) is 0.357. The number of aliphatic hydroxyl groups is 1. The quantitative estimate of drug-likeness (QED) is 0.765. The molecule has 0 saturated carbocycles. The highest BCUT2D eigenvalue weighted by atomic mass is 32.1. The van der Waals surface area contributed by atoms with Crippen LogP contribution < -0.4 is 10.6 Å². The largest absolute Gasteiger partial charge is 0.396 e. The molecule has 21 heavy (non-hydrogen) atoms. The molecule has 0 aliphatic heterocycles. The number of aromatic nitrogens is 2. The van der Waals surface area contributed by atoms with Gasteiger partial charge >= 0.3 is 6.03 Å². The van der Waals surface area contributed by atoms with E-state index in [0.29, 0.717) is 11.6 Å². The number of hydrogen-bond acceptors (Lipinski definition) is 5. The molecule has 0 saturated heterocycles. The highest BCUT2D eigenvalue weighted by Crippen LogP contribution is 2.23. The Labute approximate surface area is 127 Å². The van der Waals surface area contributed by atoms with Crippen LogP contribution in [0.5, 0.6) is 0 Å². The number of aliphatic hydroxyl groups excluding tert-OH is 1. The summed E-state index contributed by atoms with van der Waals surface area (Å²) in [6.45, 7) is 2.02. The molecule has 3 N–H and O–H groups in total. The average Bonchev–Trinajstić information content (AvgIpc) is 2.96. The normalized spacial score (nSPS) is 11.9. The van der Waals surface area contributed by atoms with E-state index >= 15 is 0 Å². The third-order valence-corrected chi connectivity index (χ3v) is 3.75. The van der Waals surface area contributed by atoms with E-state index in [9.17, 15) is 4.79 Å². The van der Waals surface area contributed by atoms with Gasteiger partial charge in [-0.25, -0.2) is 9.78 Å². The lowest BCUT2D eigenvalue weighted by Gasteiger charge is -2.15. The summed E-state index contributed by atoms with van der Waals surface area (Å²) < 4.78 is 0. The molecule has 0 aliphatic rings. The van der Waals surface area contributed by atoms with Gasteiger partial charge in [-0.05, 0) is 25.0 Å². The molecule has 2 heterocycles. The van der Waals surface area contributed by atoms with Crippen LogP contribution in [0.15, 0.2) is 29.9 Å². The Balaban J connectivity index is 1.95. The summed E-state index contributed by atoms with van der Waals surface area (Å²) in [7, 11) is 0. The van der Waals surface area contributed by atoms with Gasteiger partial charge < -0.3 is 10.4 Å². The summed E-state index contributed by atoms with van der Waals surface area (Å²) in [6.07, 6.45) is 4.75. The summed E-state index contributed by atoms with van der Waals surface area (Å²) in [5.74, 6) is 0. The molecule has 1 unspecified atom stereocenters. The number of thiazole rings is 1. The van der Waals surface area contributed by atoms with Crippen molar-refractivity contribution in [2.75, 3.05) is 11.9 Å². The van der Waals surface area contributed by atoms with Gasteiger partial charge in [0.2, 0.25) is 0 Å². The number of anilines is 1. The Hall–Kier alpha value is -1.99. The van der Waals surface area contributed by atoms with E-state index in [1.807, 2.05) is 24.4 Å². The summed E-state index contributed by atoms with van der Waals surface area (Å²) in [5, 5.41) is 16.8. The molecule has 0 bridgehead atoms. The number of nitrogens with zero attached hydrogens (tertiary/aromatic N) is 2. The summed E-state index contributed by atoms with van der Waals surface area (Å²) in [4.78, 5) is 20.3. The van der Waals surface area contributed by atoms with E-state index in [0.717, 1.165) is 17.7 Å². The van der Waals surface area contributed by atoms with Crippen molar-refractivity contribution in [1.82, 2.24) is 15.3 Å². The van der Waals surface area contributed by atoms with E-state index < -0.39 is 0 Å². The number of hydrogen-bond donors (Lipinski definition) is 3. The predicted molar refractivity (Wildman–Crippen MR) is 83.3 cm³/mol. The van der Waals surface area contributed by atoms with Gasteiger partial charge in [-0.1, -0.05) is 6.92 Å². The maximum atomic E-state index is 11.9. The topological polar surface area (TPSA) is 87.1 Å². The molecule has 2 aromatic rings. The van der Waals surface area contributed by atoms with Crippen molar-refractivity contribution >= 4 is 22.5 Å². The maximum absolute atomic E-state index is 11.9. The molecule has 0 fully saturated rings. The van der Waals surface area contributed by atoms with Gasteiger partial charge in [0.25, 0.3) is 0 Å². The van der Waals surface area contributed by atoms with Gasteiger partial charge in [-0.3, -0.25) is 10.3 Å². The zero-order valence-corrected chi connectivity index (χ0v) is 12.6. The van der Waals surface area contributed by atoms with E-state index in [4.69, 9.17) is 5.11 Å². The van der Waals surface area contributed by atoms with Gasteiger partial charge in [0.15, 0.2) is 5.13 Å². The molecule has 0 spiro atoms. The first-order valence-electron chi connectivity index (χ1n) is 6.77. The Morgan fingerprint density at radius 2 is 2.38 bits per heavy atom. The van der Waals surface area contributed by atoms with Crippen LogP contribution in [0.1, 0.15) is 19.8 Å². The summed E-state index contributed by atoms with van der Waals surface area (Å²) >= 11 is 1.36. The predicted octanol–water partition coefficient (Wildman–Crippen LogP) is 2.49. The Bertz CT molecular complexity index is 573. The fourth-order valence-electron chi connectivity index (χ4n) is 1.83. The monoisotopic (exact) mass is 306 g/mol. The van der Waals surface area contributed by atoms with Crippen LogP contribution in [-0.2, 0) is 0 Å². The molecule has 2 amide bonds. The van der Waals surface area contributed by atoms with E-state index in [1.165, 1.54) is 11.3 Å². The first-order chi connectivity index (χ1) is 10.2. The van der Waals surface area contributed by atoms with Crippen molar-refractivity contribution in [1.29, 1.82) is 0 Å². The van der Waals surface area contributed by atoms with Crippen molar-refractivity contribution in [3.63, 3.8) is 0 Å². The molecule has 0 aromatic carbocycles. The minimum Gasteiger partial charge on any atom is -0.396 e. The van der Waals surface area contributed by atoms with E-state index in [2.05, 4.69) is 20.6 Å². The van der Waals surface area contributed by atoms with Crippen LogP contribution in [0, 0.1) is 0 Å². The van der Waals surface area contributed by atoms with E-state index in [1.54, 1.807) is 12.4 Å². The molecule has 0 aliphatic carbocycles. The first-order valence-corrected chi connectivity index (χ1v) is 7.65. The highest BCUT2D eigenvalue weighted by Gasteiger charge is 2.12. The lowest BCUT2D eigenvalue weighted by molar-refractivity contribution is 0.237. The minimum absolute atomic E-state index is 0.0345. The zero-order valence-electron chi connectivity index (χ0n) is 11.7. The fourth-order valence-corrected chi connectivity index (χ4v) is 2.55. The second-order valence-corrected chi connectivity index (χ2v) is 5.35. The lowest BCUT2D eigenvalue weighted by Crippen LogP contribution is -2.38. The number of pyridine rings is 1. The standard InChI is InChI=1S/C14H18N4O2S/c1-2-11(5-7-19)16-13(20)18-14-17-12(9-21-14)10-4-3-6-15-8-10/h3-4,6,8-9,11,19H,2,5,7H2,1H3,(H2,16,17,18,20). The number of carbonyl (C=O) groups excluding carboxylic acids is 1. The average molecular weight is 306 g/mol. The molecular formula is C14H18N4O2S. The van der Waals surface area contributed by atoms with Crippen LogP contribution in [0.3, 0.4) is 0 Å². The smallest absolute Gasteiger partial charge is 0.321 e. The van der Waals surface area contributed by atoms with Gasteiger partial charge in [-0.15, -0.1) is 11.3 Å². The van der Waals surface area contributed by atoms with Crippen molar-refractivity contribution in [3.05, 3.63) is 29.9 Å². The molecule has 0 radical (unpaired) electrons. The molecule has 2 rings (SSSR count). The molecule has 7 heteroatoms. The maximum Gasteiger partial charge on any atom is 0.321 e. The van der Waals surface area contributed by atoms with Gasteiger partial charge in [0.1, 0.15) is 0 Å². The molecular weight excluding hydrogens is 288 g/mol. The third-order valence-electron chi connectivity index (χ3n) is 2.99. The molecule has 112 valence electrons. The first kappa shape index (κ1) is 15.4. The van der Waals surface area contributed by atoms with Crippen LogP contribution in [0.4, 0.5) is 9.93 Å². The number of nitrogens with one attached hydrogen (secondary N) is 2. The zero-order chi connectivity index (χ0) is 15.1. The van der Waals surface area contributed by atoms with Crippen LogP contribution in [0.25, 0.3) is 11.3 Å². The highest BCUT2D eigenvalue weighted by molar-refractivity contribution is 7.14. The Kier molecular flexibility index (Phi) is 5.65. The lowest BCUT2D eigenvalue weighted by atomic mass is 10.2. The second kappa shape index (κ2) is 7.70. The molecule has 1 atom stereocenters. The van der Waals surface area contributed by atoms with Crippen molar-refractivity contribution in [2.45, 2.75) is 25.8 Å². The second-order valence-electron chi connectivity index (χ2n) is 4.50. The minimum atomic E-state index is -0.303. The number of rotatable bonds is 6. The summed E-state index contributed by atoms with van der Waals surface area (Å²) in [6, 6.07) is 3.42. The van der Waals surface area contributed by atoms with Crippen molar-refractivity contribution in [3.8, 4) is 11.3 Å². The van der Waals surface area contributed by atoms with Crippen molar-refractivity contribution in [2.24, 2.45) is 0 Å². The van der Waals surface area contributed by atoms with E-state index in [-0.39, 0.29) is 18.7 Å². The van der Waals surface area contributed by atoms with Gasteiger partial charge in [0.05, 0.1) is 5.69 Å². The third kappa shape index (κ3) is 4.51. The number of urea groups is 1. The van der Waals surface area contributed by atoms with Gasteiger partial charge in [0, 0.05) is 36.0 Å². The number of carbonyl (C=O) groups is 1. The van der Waals surface area contributed by atoms with Crippen molar-refractivity contribution < 1.29 is 9.90 Å². The Morgan fingerprint density at radius 1 is 1.52 bits per heavy atom. The Morgan fingerprint density at radius 3 is 3.05 bits per heavy atom. The number of amides is 2. The SMILES string of the molecule is CCC(CCO)NC(=O)Nc1nc(-c2cccnc2)cs1. The van der Waals surface area contributed by atoms with Gasteiger partial charge in [-0.2, -0.15) is 0 Å². The van der Waals surface area contributed by atoms with Crippen LogP contribution >= 0.6 is 11.3 Å².